The van der Waals surface area contributed by atoms with Crippen molar-refractivity contribution in [3.8, 4) is 5.75 Å². The zero-order valence-electron chi connectivity index (χ0n) is 10.4. The minimum atomic E-state index is 0.402. The number of halogens is 1. The van der Waals surface area contributed by atoms with Gasteiger partial charge in [-0.1, -0.05) is 28.1 Å². The molecule has 20 heavy (non-hydrogen) atoms. The monoisotopic (exact) mass is 347 g/mol. The number of rotatable bonds is 4. The van der Waals surface area contributed by atoms with Crippen LogP contribution in [0.1, 0.15) is 15.4 Å². The summed E-state index contributed by atoms with van der Waals surface area (Å²) in [5.74, 6) is 0.662. The minimum Gasteiger partial charge on any atom is -0.486 e. The molecule has 0 aliphatic rings. The molecule has 0 atom stereocenters. The van der Waals surface area contributed by atoms with Crippen LogP contribution in [-0.4, -0.2) is 11.3 Å². The van der Waals surface area contributed by atoms with Crippen molar-refractivity contribution < 1.29 is 9.53 Å². The Kier molecular flexibility index (Phi) is 3.80. The van der Waals surface area contributed by atoms with Crippen LogP contribution in [0.25, 0.3) is 10.2 Å². The van der Waals surface area contributed by atoms with Gasteiger partial charge >= 0.3 is 0 Å². The summed E-state index contributed by atoms with van der Waals surface area (Å²) >= 11 is 4.93. The van der Waals surface area contributed by atoms with Crippen LogP contribution >= 0.6 is 27.3 Å². The first-order valence-corrected chi connectivity index (χ1v) is 7.59. The van der Waals surface area contributed by atoms with Gasteiger partial charge in [0.25, 0.3) is 0 Å². The summed E-state index contributed by atoms with van der Waals surface area (Å²) in [4.78, 5) is 15.4. The quantitative estimate of drug-likeness (QED) is 0.654. The number of nitrogens with zero attached hydrogens (tertiary/aromatic N) is 1. The Morgan fingerprint density at radius 1 is 1.25 bits per heavy atom. The number of hydrogen-bond acceptors (Lipinski definition) is 4. The van der Waals surface area contributed by atoms with Gasteiger partial charge in [0.2, 0.25) is 0 Å². The van der Waals surface area contributed by atoms with Gasteiger partial charge in [-0.3, -0.25) is 4.79 Å². The normalized spacial score (nSPS) is 10.7. The van der Waals surface area contributed by atoms with Gasteiger partial charge in [0.1, 0.15) is 17.4 Å². The summed E-state index contributed by atoms with van der Waals surface area (Å²) in [6.07, 6.45) is 0.800. The third-order valence-electron chi connectivity index (χ3n) is 2.79. The number of aldehydes is 1. The van der Waals surface area contributed by atoms with Crippen molar-refractivity contribution in [2.45, 2.75) is 6.61 Å². The average Bonchev–Trinajstić information content (AvgIpc) is 2.89. The Labute approximate surface area is 128 Å². The molecule has 0 aliphatic carbocycles. The van der Waals surface area contributed by atoms with E-state index < -0.39 is 0 Å². The number of para-hydroxylation sites is 1. The number of carbonyl (C=O) groups is 1. The van der Waals surface area contributed by atoms with Crippen LogP contribution in [0.3, 0.4) is 0 Å². The van der Waals surface area contributed by atoms with Gasteiger partial charge in [-0.05, 0) is 30.3 Å². The van der Waals surface area contributed by atoms with E-state index in [1.165, 1.54) is 0 Å². The molecule has 3 nitrogen and oxygen atoms in total. The number of benzene rings is 2. The standard InChI is InChI=1S/C15H10BrNO2S/c16-12-6-5-11(7-10(12)8-18)19-9-15-17-13-3-1-2-4-14(13)20-15/h1-8H,9H2. The minimum absolute atomic E-state index is 0.402. The molecule has 0 spiro atoms. The maximum Gasteiger partial charge on any atom is 0.151 e. The van der Waals surface area contributed by atoms with Crippen LogP contribution in [0, 0.1) is 0 Å². The highest BCUT2D eigenvalue weighted by Crippen LogP contribution is 2.25. The van der Waals surface area contributed by atoms with E-state index in [0.717, 1.165) is 26.0 Å². The Balaban J connectivity index is 1.77. The second kappa shape index (κ2) is 5.73. The first-order valence-electron chi connectivity index (χ1n) is 5.98. The second-order valence-electron chi connectivity index (χ2n) is 4.17. The summed E-state index contributed by atoms with van der Waals surface area (Å²) in [7, 11) is 0. The molecule has 3 aromatic rings. The Morgan fingerprint density at radius 2 is 2.10 bits per heavy atom. The molecule has 0 radical (unpaired) electrons. The molecule has 0 bridgehead atoms. The van der Waals surface area contributed by atoms with Gasteiger partial charge < -0.3 is 4.74 Å². The first-order chi connectivity index (χ1) is 9.76. The van der Waals surface area contributed by atoms with E-state index in [2.05, 4.69) is 20.9 Å². The van der Waals surface area contributed by atoms with Crippen molar-refractivity contribution in [2.75, 3.05) is 0 Å². The zero-order chi connectivity index (χ0) is 13.9. The van der Waals surface area contributed by atoms with Crippen molar-refractivity contribution in [3.05, 3.63) is 57.5 Å². The predicted octanol–water partition coefficient (Wildman–Crippen LogP) is 4.45. The smallest absolute Gasteiger partial charge is 0.151 e. The number of carbonyl (C=O) groups excluding carboxylic acids is 1. The lowest BCUT2D eigenvalue weighted by molar-refractivity contribution is 0.112. The topological polar surface area (TPSA) is 39.2 Å². The molecular formula is C15H10BrNO2S. The fourth-order valence-electron chi connectivity index (χ4n) is 1.83. The number of aromatic nitrogens is 1. The van der Waals surface area contributed by atoms with Gasteiger partial charge in [-0.25, -0.2) is 4.98 Å². The summed E-state index contributed by atoms with van der Waals surface area (Å²) in [5, 5.41) is 0.918. The molecule has 0 aliphatic heterocycles. The van der Waals surface area contributed by atoms with Crippen molar-refractivity contribution in [1.29, 1.82) is 0 Å². The molecule has 3 rings (SSSR count). The fourth-order valence-corrected chi connectivity index (χ4v) is 3.05. The van der Waals surface area contributed by atoms with Crippen molar-refractivity contribution in [3.63, 3.8) is 0 Å². The second-order valence-corrected chi connectivity index (χ2v) is 6.13. The van der Waals surface area contributed by atoms with E-state index >= 15 is 0 Å². The first kappa shape index (κ1) is 13.3. The van der Waals surface area contributed by atoms with Gasteiger partial charge in [0.05, 0.1) is 10.2 Å². The summed E-state index contributed by atoms with van der Waals surface area (Å²) in [6.45, 7) is 0.402. The lowest BCUT2D eigenvalue weighted by Crippen LogP contribution is -1.95. The summed E-state index contributed by atoms with van der Waals surface area (Å²) in [5.41, 5.74) is 1.56. The summed E-state index contributed by atoms with van der Waals surface area (Å²) < 4.78 is 7.60. The van der Waals surface area contributed by atoms with Gasteiger partial charge in [-0.15, -0.1) is 11.3 Å². The number of thiazole rings is 1. The predicted molar refractivity (Wildman–Crippen MR) is 83.5 cm³/mol. The van der Waals surface area contributed by atoms with Gasteiger partial charge in [-0.2, -0.15) is 0 Å². The zero-order valence-corrected chi connectivity index (χ0v) is 12.8. The van der Waals surface area contributed by atoms with Crippen molar-refractivity contribution >= 4 is 43.8 Å². The molecule has 0 saturated heterocycles. The molecule has 0 saturated carbocycles. The maximum absolute atomic E-state index is 10.9. The molecule has 0 unspecified atom stereocenters. The van der Waals surface area contributed by atoms with Crippen LogP contribution in [0.2, 0.25) is 0 Å². The molecule has 0 amide bonds. The van der Waals surface area contributed by atoms with E-state index in [4.69, 9.17) is 4.74 Å². The highest BCUT2D eigenvalue weighted by molar-refractivity contribution is 9.10. The Morgan fingerprint density at radius 3 is 2.90 bits per heavy atom. The van der Waals surface area contributed by atoms with Crippen molar-refractivity contribution in [2.24, 2.45) is 0 Å². The summed E-state index contributed by atoms with van der Waals surface area (Å²) in [6, 6.07) is 13.3. The van der Waals surface area contributed by atoms with Crippen LogP contribution < -0.4 is 4.74 Å². The van der Waals surface area contributed by atoms with Crippen LogP contribution in [0.4, 0.5) is 0 Å². The largest absolute Gasteiger partial charge is 0.486 e. The van der Waals surface area contributed by atoms with Crippen LogP contribution in [0.5, 0.6) is 5.75 Å². The number of hydrogen-bond donors (Lipinski definition) is 0. The van der Waals surface area contributed by atoms with Crippen molar-refractivity contribution in [1.82, 2.24) is 4.98 Å². The molecule has 2 aromatic carbocycles. The van der Waals surface area contributed by atoms with Crippen LogP contribution in [-0.2, 0) is 6.61 Å². The third-order valence-corrected chi connectivity index (χ3v) is 4.53. The highest BCUT2D eigenvalue weighted by atomic mass is 79.9. The molecular weight excluding hydrogens is 338 g/mol. The van der Waals surface area contributed by atoms with E-state index in [-0.39, 0.29) is 0 Å². The Bertz CT molecular complexity index is 736. The molecule has 5 heteroatoms. The SMILES string of the molecule is O=Cc1cc(OCc2nc3ccccc3s2)ccc1Br. The molecule has 0 N–H and O–H groups in total. The Hall–Kier alpha value is -1.72. The lowest BCUT2D eigenvalue weighted by Gasteiger charge is -2.05. The number of fused-ring (bicyclic) bond motifs is 1. The highest BCUT2D eigenvalue weighted by Gasteiger charge is 2.05. The van der Waals surface area contributed by atoms with Gasteiger partial charge in [0, 0.05) is 10.0 Å². The molecule has 1 heterocycles. The van der Waals surface area contributed by atoms with E-state index in [9.17, 15) is 4.79 Å². The third kappa shape index (κ3) is 2.73. The number of ether oxygens (including phenoxy) is 1. The average molecular weight is 348 g/mol. The molecule has 1 aromatic heterocycles. The molecule has 0 fully saturated rings. The molecule has 100 valence electrons. The van der Waals surface area contributed by atoms with E-state index in [1.807, 2.05) is 30.3 Å². The van der Waals surface area contributed by atoms with E-state index in [0.29, 0.717) is 17.9 Å². The lowest BCUT2D eigenvalue weighted by atomic mass is 10.2. The van der Waals surface area contributed by atoms with Crippen LogP contribution in [0.15, 0.2) is 46.9 Å². The maximum atomic E-state index is 10.9. The van der Waals surface area contributed by atoms with Gasteiger partial charge in [0.15, 0.2) is 6.29 Å². The fraction of sp³-hybridized carbons (Fsp3) is 0.0667. The van der Waals surface area contributed by atoms with E-state index in [1.54, 1.807) is 23.5 Å².